The Balaban J connectivity index is 2.64. The highest BCUT2D eigenvalue weighted by Gasteiger charge is 2.35. The number of carboxylic acids is 1. The molecule has 0 fully saturated rings. The van der Waals surface area contributed by atoms with Crippen LogP contribution in [0.3, 0.4) is 0 Å². The van der Waals surface area contributed by atoms with E-state index in [-0.39, 0.29) is 10.2 Å². The topological polar surface area (TPSA) is 75.3 Å². The summed E-state index contributed by atoms with van der Waals surface area (Å²) in [5, 5.41) is 21.5. The first-order valence-corrected chi connectivity index (χ1v) is 5.88. The van der Waals surface area contributed by atoms with Gasteiger partial charge in [0.1, 0.15) is 0 Å². The van der Waals surface area contributed by atoms with Crippen molar-refractivity contribution in [1.29, 1.82) is 0 Å². The molecule has 0 amide bonds. The van der Waals surface area contributed by atoms with Gasteiger partial charge in [-0.3, -0.25) is 0 Å². The number of hydrogen-bond acceptors (Lipinski definition) is 3. The number of aromatic hydroxyl groups is 1. The van der Waals surface area contributed by atoms with Gasteiger partial charge in [-0.1, -0.05) is 15.9 Å². The summed E-state index contributed by atoms with van der Waals surface area (Å²) in [7, 11) is 0. The Morgan fingerprint density at radius 3 is 2.50 bits per heavy atom. The summed E-state index contributed by atoms with van der Waals surface area (Å²) in [6.45, 7) is 0. The third-order valence-corrected chi connectivity index (χ3v) is 2.90. The quantitative estimate of drug-likeness (QED) is 0.872. The number of carboxylic acid groups (broad SMARTS) is 1. The number of benzene rings is 1. The molecule has 0 aliphatic carbocycles. The van der Waals surface area contributed by atoms with Gasteiger partial charge >= 0.3 is 12.1 Å². The van der Waals surface area contributed by atoms with Crippen LogP contribution in [0, 0.1) is 0 Å². The number of hydrogen-bond donors (Lipinski definition) is 2. The lowest BCUT2D eigenvalue weighted by atomic mass is 10.1. The van der Waals surface area contributed by atoms with E-state index in [1.165, 1.54) is 6.07 Å². The summed E-state index contributed by atoms with van der Waals surface area (Å²) < 4.78 is 39.7. The van der Waals surface area contributed by atoms with Crippen LogP contribution < -0.4 is 0 Å². The predicted molar refractivity (Wildman–Crippen MR) is 64.9 cm³/mol. The largest absolute Gasteiger partial charge is 0.504 e. The van der Waals surface area contributed by atoms with E-state index in [1.54, 1.807) is 0 Å². The number of aromatic nitrogens is 2. The van der Waals surface area contributed by atoms with Crippen molar-refractivity contribution in [3.05, 3.63) is 40.1 Å². The molecule has 0 radical (unpaired) electrons. The van der Waals surface area contributed by atoms with Crippen LogP contribution in [0.5, 0.6) is 5.75 Å². The van der Waals surface area contributed by atoms with Crippen molar-refractivity contribution < 1.29 is 28.2 Å². The molecule has 2 rings (SSSR count). The molecule has 9 heteroatoms. The van der Waals surface area contributed by atoms with Gasteiger partial charge in [-0.2, -0.15) is 18.3 Å². The Kier molecular flexibility index (Phi) is 3.46. The number of halogens is 4. The van der Waals surface area contributed by atoms with Gasteiger partial charge in [0.15, 0.2) is 5.75 Å². The SMILES string of the molecule is O=C(O)c1nn(-c2ccc(Br)cc2C(F)(F)F)cc1O. The molecule has 20 heavy (non-hydrogen) atoms. The van der Waals surface area contributed by atoms with E-state index >= 15 is 0 Å². The maximum atomic E-state index is 12.9. The molecule has 0 saturated carbocycles. The number of rotatable bonds is 2. The minimum absolute atomic E-state index is 0.211. The molecule has 0 atom stereocenters. The summed E-state index contributed by atoms with van der Waals surface area (Å²) in [6.07, 6.45) is -3.84. The smallest absolute Gasteiger partial charge is 0.418 e. The van der Waals surface area contributed by atoms with E-state index in [0.29, 0.717) is 4.68 Å². The van der Waals surface area contributed by atoms with E-state index in [9.17, 15) is 23.1 Å². The van der Waals surface area contributed by atoms with Crippen molar-refractivity contribution in [1.82, 2.24) is 9.78 Å². The zero-order chi connectivity index (χ0) is 15.1. The first-order valence-electron chi connectivity index (χ1n) is 5.09. The minimum atomic E-state index is -4.65. The molecule has 0 saturated heterocycles. The van der Waals surface area contributed by atoms with E-state index in [0.717, 1.165) is 18.3 Å². The third-order valence-electron chi connectivity index (χ3n) is 2.41. The molecule has 0 bridgehead atoms. The molecular weight excluding hydrogens is 345 g/mol. The van der Waals surface area contributed by atoms with Gasteiger partial charge in [-0.15, -0.1) is 0 Å². The number of carbonyl (C=O) groups is 1. The molecule has 1 heterocycles. The van der Waals surface area contributed by atoms with Crippen molar-refractivity contribution in [2.75, 3.05) is 0 Å². The molecule has 1 aromatic carbocycles. The zero-order valence-electron chi connectivity index (χ0n) is 9.52. The van der Waals surface area contributed by atoms with Crippen molar-refractivity contribution in [2.24, 2.45) is 0 Å². The summed E-state index contributed by atoms with van der Waals surface area (Å²) in [4.78, 5) is 10.7. The first kappa shape index (κ1) is 14.4. The summed E-state index contributed by atoms with van der Waals surface area (Å²) in [6, 6.07) is 3.31. The fourth-order valence-electron chi connectivity index (χ4n) is 1.58. The normalized spacial score (nSPS) is 11.6. The maximum Gasteiger partial charge on any atom is 0.418 e. The summed E-state index contributed by atoms with van der Waals surface area (Å²) >= 11 is 2.93. The van der Waals surface area contributed by atoms with E-state index < -0.39 is 29.2 Å². The van der Waals surface area contributed by atoms with Crippen LogP contribution in [-0.2, 0) is 6.18 Å². The lowest BCUT2D eigenvalue weighted by Gasteiger charge is -2.12. The second-order valence-corrected chi connectivity index (χ2v) is 4.69. The minimum Gasteiger partial charge on any atom is -0.504 e. The van der Waals surface area contributed by atoms with Crippen LogP contribution in [0.15, 0.2) is 28.9 Å². The van der Waals surface area contributed by atoms with Crippen molar-refractivity contribution in [2.45, 2.75) is 6.18 Å². The highest BCUT2D eigenvalue weighted by molar-refractivity contribution is 9.10. The van der Waals surface area contributed by atoms with Crippen molar-refractivity contribution in [3.8, 4) is 11.4 Å². The third kappa shape index (κ3) is 2.62. The highest BCUT2D eigenvalue weighted by Crippen LogP contribution is 2.36. The Morgan fingerprint density at radius 1 is 1.35 bits per heavy atom. The van der Waals surface area contributed by atoms with E-state index in [2.05, 4.69) is 21.0 Å². The Bertz CT molecular complexity index is 682. The van der Waals surface area contributed by atoms with E-state index in [4.69, 9.17) is 5.11 Å². The maximum absolute atomic E-state index is 12.9. The number of aromatic carboxylic acids is 1. The fraction of sp³-hybridized carbons (Fsp3) is 0.0909. The van der Waals surface area contributed by atoms with Crippen LogP contribution in [0.4, 0.5) is 13.2 Å². The van der Waals surface area contributed by atoms with Gasteiger partial charge in [0.25, 0.3) is 0 Å². The van der Waals surface area contributed by atoms with Crippen LogP contribution in [0.1, 0.15) is 16.1 Å². The monoisotopic (exact) mass is 350 g/mol. The van der Waals surface area contributed by atoms with Gasteiger partial charge in [0.05, 0.1) is 17.4 Å². The summed E-state index contributed by atoms with van der Waals surface area (Å²) in [5.41, 5.74) is -2.11. The molecule has 0 unspecified atom stereocenters. The highest BCUT2D eigenvalue weighted by atomic mass is 79.9. The Morgan fingerprint density at radius 2 is 2.00 bits per heavy atom. The molecule has 106 valence electrons. The standard InChI is InChI=1S/C11H6BrF3N2O3/c12-5-1-2-7(6(3-5)11(13,14)15)17-4-8(18)9(16-17)10(19)20/h1-4,18H,(H,19,20). The van der Waals surface area contributed by atoms with Crippen molar-refractivity contribution >= 4 is 21.9 Å². The molecule has 0 spiro atoms. The van der Waals surface area contributed by atoms with Gasteiger partial charge in [-0.05, 0) is 18.2 Å². The molecule has 0 aliphatic heterocycles. The number of alkyl halides is 3. The molecule has 2 aromatic rings. The zero-order valence-corrected chi connectivity index (χ0v) is 11.1. The second kappa shape index (κ2) is 4.82. The predicted octanol–water partition coefficient (Wildman–Crippen LogP) is 3.06. The van der Waals surface area contributed by atoms with Crippen molar-refractivity contribution in [3.63, 3.8) is 0 Å². The molecule has 1 aromatic heterocycles. The second-order valence-electron chi connectivity index (χ2n) is 3.77. The van der Waals surface area contributed by atoms with Crippen LogP contribution >= 0.6 is 15.9 Å². The average Bonchev–Trinajstić information content (AvgIpc) is 2.70. The Hall–Kier alpha value is -2.03. The van der Waals surface area contributed by atoms with Crippen LogP contribution in [-0.4, -0.2) is 26.0 Å². The van der Waals surface area contributed by atoms with Crippen LogP contribution in [0.2, 0.25) is 0 Å². The number of nitrogens with zero attached hydrogens (tertiary/aromatic N) is 2. The Labute approximate surface area is 118 Å². The van der Waals surface area contributed by atoms with E-state index in [1.807, 2.05) is 0 Å². The van der Waals surface area contributed by atoms with Crippen LogP contribution in [0.25, 0.3) is 5.69 Å². The average molecular weight is 351 g/mol. The van der Waals surface area contributed by atoms with Gasteiger partial charge in [0, 0.05) is 4.47 Å². The fourth-order valence-corrected chi connectivity index (χ4v) is 1.94. The molecular formula is C11H6BrF3N2O3. The molecule has 0 aliphatic rings. The summed E-state index contributed by atoms with van der Waals surface area (Å²) in [5.74, 6) is -2.25. The van der Waals surface area contributed by atoms with Gasteiger partial charge < -0.3 is 10.2 Å². The lowest BCUT2D eigenvalue weighted by Crippen LogP contribution is -2.11. The molecule has 2 N–H and O–H groups in total. The van der Waals surface area contributed by atoms with Gasteiger partial charge in [-0.25, -0.2) is 9.48 Å². The lowest BCUT2D eigenvalue weighted by molar-refractivity contribution is -0.137. The molecule has 5 nitrogen and oxygen atoms in total. The van der Waals surface area contributed by atoms with Gasteiger partial charge in [0.2, 0.25) is 5.69 Å². The first-order chi connectivity index (χ1) is 9.20.